The third-order valence-electron chi connectivity index (χ3n) is 5.62. The number of nitrogens with zero attached hydrogens (tertiary/aromatic N) is 1. The van der Waals surface area contributed by atoms with E-state index in [4.69, 9.17) is 4.98 Å². The predicted molar refractivity (Wildman–Crippen MR) is 111 cm³/mol. The lowest BCUT2D eigenvalue weighted by molar-refractivity contribution is -0.129. The minimum atomic E-state index is -1.16. The van der Waals surface area contributed by atoms with Gasteiger partial charge in [-0.2, -0.15) is 0 Å². The van der Waals surface area contributed by atoms with Gasteiger partial charge in [0.1, 0.15) is 5.82 Å². The Morgan fingerprint density at radius 2 is 1.69 bits per heavy atom. The molecule has 0 spiro atoms. The van der Waals surface area contributed by atoms with Gasteiger partial charge in [-0.05, 0) is 41.4 Å². The smallest absolute Gasteiger partial charge is 0.255 e. The molecule has 1 heterocycles. The lowest BCUT2D eigenvalue weighted by atomic mass is 9.86. The molecule has 1 aliphatic rings. The molecule has 2 amide bonds. The molecule has 6 heteroatoms. The minimum Gasteiger partial charge on any atom is -0.338 e. The molecule has 3 aromatic carbocycles. The van der Waals surface area contributed by atoms with Gasteiger partial charge in [-0.1, -0.05) is 54.6 Å². The van der Waals surface area contributed by atoms with Crippen LogP contribution in [0.1, 0.15) is 11.1 Å². The van der Waals surface area contributed by atoms with Crippen molar-refractivity contribution in [3.63, 3.8) is 0 Å². The van der Waals surface area contributed by atoms with Gasteiger partial charge in [0.05, 0.1) is 11.0 Å². The highest BCUT2D eigenvalue weighted by molar-refractivity contribution is 6.06. The van der Waals surface area contributed by atoms with Crippen molar-refractivity contribution in [3.8, 4) is 22.5 Å². The zero-order valence-electron chi connectivity index (χ0n) is 15.7. The van der Waals surface area contributed by atoms with Crippen molar-refractivity contribution >= 4 is 23.4 Å². The van der Waals surface area contributed by atoms with E-state index < -0.39 is 11.4 Å². The maximum absolute atomic E-state index is 13.1. The molecule has 29 heavy (non-hydrogen) atoms. The Labute approximate surface area is 167 Å². The lowest BCUT2D eigenvalue weighted by Crippen LogP contribution is -2.52. The van der Waals surface area contributed by atoms with Gasteiger partial charge in [-0.25, -0.2) is 4.98 Å². The number of rotatable bonds is 4. The average Bonchev–Trinajstić information content (AvgIpc) is 3.31. The number of hydrogen-bond acceptors (Lipinski definition) is 4. The fraction of sp³-hybridized carbons (Fsp3) is 0.0870. The molecule has 1 aliphatic carbocycles. The number of hydrogen-bond donors (Lipinski definition) is 3. The first-order valence-electron chi connectivity index (χ1n) is 9.32. The lowest BCUT2D eigenvalue weighted by Gasteiger charge is -2.29. The van der Waals surface area contributed by atoms with Gasteiger partial charge in [0.15, 0.2) is 5.54 Å². The van der Waals surface area contributed by atoms with Crippen LogP contribution in [0.25, 0.3) is 33.5 Å². The number of carbonyl (C=O) groups is 2. The molecule has 1 atom stereocenters. The van der Waals surface area contributed by atoms with E-state index in [0.29, 0.717) is 6.41 Å². The van der Waals surface area contributed by atoms with Gasteiger partial charge in [-0.15, -0.1) is 0 Å². The topological polar surface area (TPSA) is 86.9 Å². The van der Waals surface area contributed by atoms with Crippen molar-refractivity contribution < 1.29 is 9.59 Å². The summed E-state index contributed by atoms with van der Waals surface area (Å²) >= 11 is 0. The Hall–Kier alpha value is -3.77. The highest BCUT2D eigenvalue weighted by Crippen LogP contribution is 2.50. The zero-order chi connectivity index (χ0) is 20.0. The van der Waals surface area contributed by atoms with Gasteiger partial charge in [0.2, 0.25) is 6.41 Å². The molecule has 0 fully saturated rings. The minimum absolute atomic E-state index is 0.414. The second-order valence-corrected chi connectivity index (χ2v) is 6.97. The van der Waals surface area contributed by atoms with Gasteiger partial charge < -0.3 is 4.98 Å². The predicted octanol–water partition coefficient (Wildman–Crippen LogP) is 2.95. The van der Waals surface area contributed by atoms with Crippen LogP contribution in [0.5, 0.6) is 0 Å². The zero-order valence-corrected chi connectivity index (χ0v) is 15.7. The molecule has 0 radical (unpaired) electrons. The van der Waals surface area contributed by atoms with Crippen molar-refractivity contribution in [1.82, 2.24) is 20.6 Å². The third kappa shape index (κ3) is 2.30. The number of likely N-dealkylation sites (N-methyl/N-ethyl adjacent to an activating group) is 1. The monoisotopic (exact) mass is 382 g/mol. The fourth-order valence-corrected chi connectivity index (χ4v) is 4.40. The number of amides is 2. The summed E-state index contributed by atoms with van der Waals surface area (Å²) in [5.74, 6) is 0.323. The molecule has 1 aromatic heterocycles. The van der Waals surface area contributed by atoms with Crippen LogP contribution in [0.15, 0.2) is 66.7 Å². The summed E-state index contributed by atoms with van der Waals surface area (Å²) in [4.78, 5) is 32.3. The molecule has 142 valence electrons. The Balaban J connectivity index is 1.83. The molecule has 4 aromatic rings. The van der Waals surface area contributed by atoms with Crippen molar-refractivity contribution in [2.75, 3.05) is 7.05 Å². The van der Waals surface area contributed by atoms with E-state index >= 15 is 0 Å². The highest BCUT2D eigenvalue weighted by Gasteiger charge is 2.49. The number of fused-ring (bicyclic) bond motifs is 4. The number of H-pyrrole nitrogens is 1. The van der Waals surface area contributed by atoms with Crippen LogP contribution in [0.4, 0.5) is 0 Å². The molecule has 0 saturated carbocycles. The Bertz CT molecular complexity index is 1240. The molecule has 0 saturated heterocycles. The first-order valence-corrected chi connectivity index (χ1v) is 9.32. The Morgan fingerprint density at radius 1 is 0.966 bits per heavy atom. The summed E-state index contributed by atoms with van der Waals surface area (Å²) in [5.41, 5.74) is 5.04. The molecule has 6 nitrogen and oxygen atoms in total. The van der Waals surface area contributed by atoms with Crippen LogP contribution in [0, 0.1) is 0 Å². The van der Waals surface area contributed by atoms with E-state index in [2.05, 4.69) is 15.6 Å². The molecular weight excluding hydrogens is 364 g/mol. The largest absolute Gasteiger partial charge is 0.338 e. The number of imide groups is 1. The summed E-state index contributed by atoms with van der Waals surface area (Å²) in [7, 11) is 1.73. The van der Waals surface area contributed by atoms with E-state index in [-0.39, 0.29) is 0 Å². The number of benzene rings is 3. The van der Waals surface area contributed by atoms with Crippen LogP contribution in [0.3, 0.4) is 0 Å². The van der Waals surface area contributed by atoms with Crippen molar-refractivity contribution in [2.24, 2.45) is 0 Å². The Morgan fingerprint density at radius 3 is 2.48 bits per heavy atom. The van der Waals surface area contributed by atoms with Crippen LogP contribution in [0.2, 0.25) is 0 Å². The fourth-order valence-electron chi connectivity index (χ4n) is 4.40. The van der Waals surface area contributed by atoms with Crippen LogP contribution in [-0.2, 0) is 15.1 Å². The van der Waals surface area contributed by atoms with Gasteiger partial charge in [0.25, 0.3) is 5.91 Å². The van der Waals surface area contributed by atoms with E-state index in [1.807, 2.05) is 66.7 Å². The number of nitrogens with one attached hydrogen (secondary N) is 3. The van der Waals surface area contributed by atoms with E-state index in [1.54, 1.807) is 7.05 Å². The molecule has 0 aliphatic heterocycles. The number of imidazole rings is 1. The van der Waals surface area contributed by atoms with E-state index in [9.17, 15) is 9.59 Å². The number of para-hydroxylation sites is 2. The summed E-state index contributed by atoms with van der Waals surface area (Å²) in [6.07, 6.45) is 0.422. The van der Waals surface area contributed by atoms with Crippen LogP contribution < -0.4 is 10.6 Å². The summed E-state index contributed by atoms with van der Waals surface area (Å²) < 4.78 is 0. The summed E-state index contributed by atoms with van der Waals surface area (Å²) in [6, 6.07) is 21.4. The molecule has 1 unspecified atom stereocenters. The van der Waals surface area contributed by atoms with Gasteiger partial charge in [-0.3, -0.25) is 20.2 Å². The van der Waals surface area contributed by atoms with E-state index in [1.165, 1.54) is 0 Å². The summed E-state index contributed by atoms with van der Waals surface area (Å²) in [6.45, 7) is 0. The highest BCUT2D eigenvalue weighted by atomic mass is 16.2. The van der Waals surface area contributed by atoms with Crippen LogP contribution >= 0.6 is 0 Å². The molecular formula is C23H18N4O2. The van der Waals surface area contributed by atoms with Crippen molar-refractivity contribution in [3.05, 3.63) is 77.9 Å². The third-order valence-corrected chi connectivity index (χ3v) is 5.62. The number of aromatic amines is 1. The van der Waals surface area contributed by atoms with Crippen molar-refractivity contribution in [1.29, 1.82) is 0 Å². The van der Waals surface area contributed by atoms with Crippen molar-refractivity contribution in [2.45, 2.75) is 5.54 Å². The molecule has 3 N–H and O–H groups in total. The second kappa shape index (κ2) is 6.39. The quantitative estimate of drug-likeness (QED) is 0.474. The number of carbonyl (C=O) groups excluding carboxylic acids is 2. The normalized spacial score (nSPS) is 17.0. The standard InChI is InChI=1S/C23H18N4O2/c1-24-23(22(29)25-13-28)16-9-3-2-7-14(16)20-15(8-6-10-17(20)23)21-26-18-11-4-5-12-19(18)27-21/h2-13,24H,1H3,(H,26,27)(H,25,28,29). The Kier molecular flexibility index (Phi) is 3.82. The first-order chi connectivity index (χ1) is 14.2. The maximum atomic E-state index is 13.1. The number of aromatic nitrogens is 2. The van der Waals surface area contributed by atoms with E-state index in [0.717, 1.165) is 44.7 Å². The average molecular weight is 382 g/mol. The van der Waals surface area contributed by atoms with Gasteiger partial charge >= 0.3 is 0 Å². The van der Waals surface area contributed by atoms with Crippen LogP contribution in [-0.4, -0.2) is 29.3 Å². The maximum Gasteiger partial charge on any atom is 0.255 e. The summed E-state index contributed by atoms with van der Waals surface area (Å²) in [5, 5.41) is 5.51. The molecule has 5 rings (SSSR count). The second-order valence-electron chi connectivity index (χ2n) is 6.97. The van der Waals surface area contributed by atoms with Gasteiger partial charge in [0, 0.05) is 5.56 Å². The SMILES string of the molecule is CNC1(C(=O)NC=O)c2ccccc2-c2c(-c3nc4ccccc4[nH]3)cccc21. The molecule has 0 bridgehead atoms. The first kappa shape index (κ1) is 17.3.